The number of amides is 1. The highest BCUT2D eigenvalue weighted by Crippen LogP contribution is 2.32. The fourth-order valence-electron chi connectivity index (χ4n) is 4.53. The van der Waals surface area contributed by atoms with Crippen LogP contribution in [0.1, 0.15) is 35.3 Å². The van der Waals surface area contributed by atoms with E-state index in [0.29, 0.717) is 30.3 Å². The Balaban J connectivity index is 1.45. The van der Waals surface area contributed by atoms with E-state index < -0.39 is 10.0 Å². The van der Waals surface area contributed by atoms with Gasteiger partial charge in [0, 0.05) is 18.7 Å². The average Bonchev–Trinajstić information content (AvgIpc) is 3.30. The zero-order valence-electron chi connectivity index (χ0n) is 21.0. The van der Waals surface area contributed by atoms with Gasteiger partial charge in [0.05, 0.1) is 33.9 Å². The van der Waals surface area contributed by atoms with E-state index in [-0.39, 0.29) is 23.0 Å². The number of hydrogen-bond donors (Lipinski definition) is 0. The lowest BCUT2D eigenvalue weighted by Crippen LogP contribution is -2.48. The molecular formula is C28H29N3O4S2. The van der Waals surface area contributed by atoms with Gasteiger partial charge in [0.2, 0.25) is 10.0 Å². The summed E-state index contributed by atoms with van der Waals surface area (Å²) in [7, 11) is -3.69. The molecule has 0 bridgehead atoms. The number of morpholine rings is 1. The van der Waals surface area contributed by atoms with Crippen molar-refractivity contribution in [1.29, 1.82) is 0 Å². The molecule has 37 heavy (non-hydrogen) atoms. The van der Waals surface area contributed by atoms with Crippen molar-refractivity contribution >= 4 is 42.6 Å². The summed E-state index contributed by atoms with van der Waals surface area (Å²) in [5.74, 6) is -0.239. The average molecular weight is 536 g/mol. The van der Waals surface area contributed by atoms with Crippen LogP contribution in [0.4, 0.5) is 5.13 Å². The number of sulfonamides is 1. The number of anilines is 1. The highest BCUT2D eigenvalue weighted by molar-refractivity contribution is 7.89. The molecule has 1 saturated heterocycles. The van der Waals surface area contributed by atoms with Crippen molar-refractivity contribution in [3.8, 4) is 0 Å². The Morgan fingerprint density at radius 2 is 1.70 bits per heavy atom. The smallest absolute Gasteiger partial charge is 0.260 e. The number of aryl methyl sites for hydroxylation is 1. The first-order valence-corrected chi connectivity index (χ1v) is 14.4. The van der Waals surface area contributed by atoms with Crippen LogP contribution in [0.15, 0.2) is 77.7 Å². The molecule has 1 aromatic heterocycles. The molecule has 192 valence electrons. The summed E-state index contributed by atoms with van der Waals surface area (Å²) < 4.78 is 34.6. The first-order valence-electron chi connectivity index (χ1n) is 12.2. The van der Waals surface area contributed by atoms with Crippen molar-refractivity contribution in [1.82, 2.24) is 9.29 Å². The fraction of sp³-hybridized carbons (Fsp3) is 0.286. The maximum absolute atomic E-state index is 13.8. The van der Waals surface area contributed by atoms with Gasteiger partial charge in [-0.2, -0.15) is 4.31 Å². The molecule has 1 aliphatic rings. The maximum atomic E-state index is 13.8. The lowest BCUT2D eigenvalue weighted by atomic mass is 10.1. The maximum Gasteiger partial charge on any atom is 0.260 e. The van der Waals surface area contributed by atoms with Crippen molar-refractivity contribution in [3.63, 3.8) is 0 Å². The van der Waals surface area contributed by atoms with Gasteiger partial charge in [-0.3, -0.25) is 9.69 Å². The minimum Gasteiger partial charge on any atom is -0.373 e. The van der Waals surface area contributed by atoms with E-state index in [0.717, 1.165) is 21.3 Å². The van der Waals surface area contributed by atoms with Crippen LogP contribution >= 0.6 is 11.3 Å². The Kier molecular flexibility index (Phi) is 7.13. The molecule has 2 unspecified atom stereocenters. The van der Waals surface area contributed by atoms with E-state index in [1.807, 2.05) is 63.2 Å². The van der Waals surface area contributed by atoms with Gasteiger partial charge in [0.25, 0.3) is 5.91 Å². The van der Waals surface area contributed by atoms with E-state index in [4.69, 9.17) is 9.72 Å². The number of carbonyl (C=O) groups is 1. The number of aromatic nitrogens is 1. The highest BCUT2D eigenvalue weighted by atomic mass is 32.2. The zero-order valence-corrected chi connectivity index (χ0v) is 22.6. The van der Waals surface area contributed by atoms with Gasteiger partial charge in [-0.1, -0.05) is 47.7 Å². The van der Waals surface area contributed by atoms with E-state index in [1.165, 1.54) is 27.8 Å². The van der Waals surface area contributed by atoms with Gasteiger partial charge in [0.1, 0.15) is 0 Å². The minimum absolute atomic E-state index is 0.162. The first kappa shape index (κ1) is 25.5. The van der Waals surface area contributed by atoms with Crippen molar-refractivity contribution in [2.45, 2.75) is 44.4 Å². The fourth-order valence-corrected chi connectivity index (χ4v) is 7.18. The van der Waals surface area contributed by atoms with Gasteiger partial charge in [-0.25, -0.2) is 13.4 Å². The second-order valence-corrected chi connectivity index (χ2v) is 12.4. The Morgan fingerprint density at radius 1 is 1.03 bits per heavy atom. The third-order valence-electron chi connectivity index (χ3n) is 6.32. The van der Waals surface area contributed by atoms with Crippen LogP contribution in [0.5, 0.6) is 0 Å². The second-order valence-electron chi connectivity index (χ2n) is 9.45. The van der Waals surface area contributed by atoms with E-state index in [2.05, 4.69) is 6.07 Å². The highest BCUT2D eigenvalue weighted by Gasteiger charge is 2.32. The van der Waals surface area contributed by atoms with Crippen molar-refractivity contribution in [2.24, 2.45) is 0 Å². The Morgan fingerprint density at radius 3 is 2.38 bits per heavy atom. The molecule has 5 rings (SSSR count). The normalized spacial score (nSPS) is 18.7. The van der Waals surface area contributed by atoms with E-state index in [1.54, 1.807) is 17.0 Å². The topological polar surface area (TPSA) is 79.8 Å². The molecule has 2 heterocycles. The quantitative estimate of drug-likeness (QED) is 0.337. The summed E-state index contributed by atoms with van der Waals surface area (Å²) in [5, 5.41) is 0.599. The lowest BCUT2D eigenvalue weighted by Gasteiger charge is -2.34. The molecule has 1 amide bonds. The van der Waals surface area contributed by atoms with Crippen LogP contribution in [-0.2, 0) is 21.3 Å². The summed E-state index contributed by atoms with van der Waals surface area (Å²) in [6, 6.07) is 22.0. The Labute approximate surface area is 221 Å². The van der Waals surface area contributed by atoms with Crippen LogP contribution < -0.4 is 4.90 Å². The number of hydrogen-bond acceptors (Lipinski definition) is 6. The van der Waals surface area contributed by atoms with Crippen LogP contribution in [0.25, 0.3) is 10.2 Å². The van der Waals surface area contributed by atoms with Crippen molar-refractivity contribution in [2.75, 3.05) is 18.0 Å². The Hall–Kier alpha value is -3.11. The third kappa shape index (κ3) is 5.45. The third-order valence-corrected chi connectivity index (χ3v) is 9.20. The number of carbonyl (C=O) groups excluding carboxylic acids is 1. The molecule has 4 aromatic rings. The van der Waals surface area contributed by atoms with Crippen molar-refractivity contribution in [3.05, 3.63) is 89.5 Å². The number of ether oxygens (including phenoxy) is 1. The number of thiazole rings is 1. The van der Waals surface area contributed by atoms with Gasteiger partial charge in [-0.15, -0.1) is 0 Å². The molecule has 7 nitrogen and oxygen atoms in total. The molecular weight excluding hydrogens is 506 g/mol. The summed E-state index contributed by atoms with van der Waals surface area (Å²) >= 11 is 1.47. The molecule has 0 spiro atoms. The molecule has 0 radical (unpaired) electrons. The van der Waals surface area contributed by atoms with Crippen molar-refractivity contribution < 1.29 is 17.9 Å². The number of nitrogens with zero attached hydrogens (tertiary/aromatic N) is 3. The molecule has 0 saturated carbocycles. The predicted octanol–water partition coefficient (Wildman–Crippen LogP) is 5.25. The number of rotatable bonds is 6. The van der Waals surface area contributed by atoms with E-state index >= 15 is 0 Å². The first-order chi connectivity index (χ1) is 17.7. The number of benzene rings is 3. The van der Waals surface area contributed by atoms with Crippen LogP contribution in [-0.4, -0.2) is 48.9 Å². The van der Waals surface area contributed by atoms with E-state index in [9.17, 15) is 13.2 Å². The summed E-state index contributed by atoms with van der Waals surface area (Å²) in [5.41, 5.74) is 3.34. The van der Waals surface area contributed by atoms with Gasteiger partial charge >= 0.3 is 0 Å². The van der Waals surface area contributed by atoms with Gasteiger partial charge in [0.15, 0.2) is 5.13 Å². The van der Waals surface area contributed by atoms with Crippen LogP contribution in [0, 0.1) is 6.92 Å². The lowest BCUT2D eigenvalue weighted by molar-refractivity contribution is -0.0440. The predicted molar refractivity (Wildman–Crippen MR) is 147 cm³/mol. The molecule has 0 aliphatic carbocycles. The van der Waals surface area contributed by atoms with Gasteiger partial charge < -0.3 is 4.74 Å². The molecule has 1 aliphatic heterocycles. The minimum atomic E-state index is -3.69. The Bertz CT molecular complexity index is 1510. The molecule has 0 N–H and O–H groups in total. The standard InChI is InChI=1S/C28H29N3O4S2/c1-19-9-14-25-26(15-19)36-28(29-25)31(18-22-7-5-4-6-8-22)27(32)23-10-12-24(13-11-23)37(33,34)30-16-20(2)35-21(3)17-30/h4-15,20-21H,16-18H2,1-3H3. The van der Waals surface area contributed by atoms with Crippen LogP contribution in [0.2, 0.25) is 0 Å². The summed E-state index contributed by atoms with van der Waals surface area (Å²) in [4.78, 5) is 20.3. The summed E-state index contributed by atoms with van der Waals surface area (Å²) in [6.45, 7) is 6.71. The largest absolute Gasteiger partial charge is 0.373 e. The molecule has 2 atom stereocenters. The molecule has 9 heteroatoms. The van der Waals surface area contributed by atoms with Crippen LogP contribution in [0.3, 0.4) is 0 Å². The zero-order chi connectivity index (χ0) is 26.2. The number of fused-ring (bicyclic) bond motifs is 1. The molecule has 3 aromatic carbocycles. The monoisotopic (exact) mass is 535 g/mol. The SMILES string of the molecule is Cc1ccc2nc(N(Cc3ccccc3)C(=O)c3ccc(S(=O)(=O)N4CC(C)OC(C)C4)cc3)sc2c1. The van der Waals surface area contributed by atoms with Gasteiger partial charge in [-0.05, 0) is 68.3 Å². The second kappa shape index (κ2) is 10.3. The molecule has 1 fully saturated rings. The summed E-state index contributed by atoms with van der Waals surface area (Å²) in [6.07, 6.45) is -0.355.